The van der Waals surface area contributed by atoms with Crippen molar-refractivity contribution in [2.45, 2.75) is 58.7 Å². The largest absolute Gasteiger partial charge is 0.501 e. The van der Waals surface area contributed by atoms with Crippen LogP contribution in [0.4, 0.5) is 26.3 Å². The molecule has 70 heavy (non-hydrogen) atoms. The first kappa shape index (κ1) is 45.3. The molecule has 12 heteroatoms. The fraction of sp³-hybridized carbons (Fsp3) is 0.155. The molecule has 6 aromatic carbocycles. The van der Waals surface area contributed by atoms with Gasteiger partial charge in [-0.05, 0) is 97.8 Å². The van der Waals surface area contributed by atoms with Crippen molar-refractivity contribution in [1.29, 1.82) is 0 Å². The molecule has 0 spiro atoms. The van der Waals surface area contributed by atoms with E-state index in [0.29, 0.717) is 28.0 Å². The molecule has 0 fully saturated rings. The molecule has 0 unspecified atom stereocenters. The van der Waals surface area contributed by atoms with Gasteiger partial charge < -0.3 is 18.8 Å². The molecule has 10 aromatic rings. The second-order valence-electron chi connectivity index (χ2n) is 17.0. The van der Waals surface area contributed by atoms with Crippen molar-refractivity contribution in [3.05, 3.63) is 198 Å². The number of pyridine rings is 2. The number of rotatable bonds is 8. The Labute approximate surface area is 418 Å². The van der Waals surface area contributed by atoms with Gasteiger partial charge in [-0.1, -0.05) is 136 Å². The van der Waals surface area contributed by atoms with Crippen LogP contribution in [0.25, 0.3) is 89.1 Å². The molecule has 10 rings (SSSR count). The van der Waals surface area contributed by atoms with E-state index in [4.69, 9.17) is 13.5 Å². The number of hydrogen-bond donors (Lipinski definition) is 0. The third-order valence-corrected chi connectivity index (χ3v) is 11.7. The van der Waals surface area contributed by atoms with Crippen molar-refractivity contribution >= 4 is 21.9 Å². The number of nitrogens with zero attached hydrogens (tertiary/aromatic N) is 3. The zero-order chi connectivity index (χ0) is 51.1. The smallest absolute Gasteiger partial charge is 0.468 e. The molecule has 0 saturated heterocycles. The van der Waals surface area contributed by atoms with Gasteiger partial charge in [0.2, 0.25) is 5.76 Å². The van der Waals surface area contributed by atoms with E-state index in [-0.39, 0.29) is 48.8 Å². The van der Waals surface area contributed by atoms with E-state index in [1.54, 1.807) is 12.1 Å². The average Bonchev–Trinajstić information content (AvgIpc) is 4.01. The monoisotopic (exact) mass is 1120 g/mol. The van der Waals surface area contributed by atoms with Gasteiger partial charge in [0.05, 0.1) is 5.58 Å². The number of fused-ring (bicyclic) bond motifs is 3. The van der Waals surface area contributed by atoms with Crippen LogP contribution >= 0.6 is 0 Å². The van der Waals surface area contributed by atoms with Crippen LogP contribution in [0.15, 0.2) is 167 Å². The van der Waals surface area contributed by atoms with E-state index >= 15 is 0 Å². The Hall–Kier alpha value is -7.14. The molecule has 5 nitrogen and oxygen atoms in total. The molecule has 0 N–H and O–H groups in total. The van der Waals surface area contributed by atoms with Crippen molar-refractivity contribution in [3.63, 3.8) is 0 Å². The summed E-state index contributed by atoms with van der Waals surface area (Å²) in [6, 6.07) is 52.1. The zero-order valence-electron chi connectivity index (χ0n) is 40.9. The van der Waals surface area contributed by atoms with Crippen molar-refractivity contribution in [2.75, 3.05) is 0 Å². The zero-order valence-corrected chi connectivity index (χ0v) is 40.3. The van der Waals surface area contributed by atoms with E-state index in [2.05, 4.69) is 115 Å². The van der Waals surface area contributed by atoms with E-state index in [1.165, 1.54) is 47.8 Å². The Morgan fingerprint density at radius 1 is 0.586 bits per heavy atom. The number of benzene rings is 6. The van der Waals surface area contributed by atoms with E-state index in [0.717, 1.165) is 44.2 Å². The second-order valence-corrected chi connectivity index (χ2v) is 17.0. The molecule has 0 bridgehead atoms. The first-order chi connectivity index (χ1) is 34.3. The van der Waals surface area contributed by atoms with Crippen molar-refractivity contribution < 1.29 is 59.4 Å². The van der Waals surface area contributed by atoms with Crippen LogP contribution in [0.5, 0.6) is 0 Å². The van der Waals surface area contributed by atoms with Crippen LogP contribution in [0.1, 0.15) is 72.0 Å². The summed E-state index contributed by atoms with van der Waals surface area (Å²) < 4.78 is 114. The normalized spacial score (nSPS) is 12.6. The minimum atomic E-state index is -5.15. The van der Waals surface area contributed by atoms with Crippen LogP contribution in [-0.2, 0) is 32.5 Å². The molecule has 0 amide bonds. The molecule has 1 radical (unpaired) electrons. The van der Waals surface area contributed by atoms with Gasteiger partial charge in [0.1, 0.15) is 11.3 Å². The minimum absolute atomic E-state index is 0. The number of aromatic nitrogens is 3. The van der Waals surface area contributed by atoms with Crippen LogP contribution < -0.4 is 0 Å². The van der Waals surface area contributed by atoms with Gasteiger partial charge in [-0.25, -0.2) is 4.98 Å². The van der Waals surface area contributed by atoms with Gasteiger partial charge in [-0.2, -0.15) is 26.3 Å². The minimum Gasteiger partial charge on any atom is -0.501 e. The standard InChI is InChI=1S/C42H36NO.C16H7F6N2O.Ir/c1-26(2)36-22-32(31-20-18-30(19-21-31)29-12-7-6-8-13-29)23-37(27(3)4)41(36)38-24-39(43-25-28(38)5)35-16-11-15-34-33-14-9-10-17-40(33)44-42(34)35;17-15(18,19)13-12(24-14(25-13)16(20,21)22)10-7-4-8-23-11(10)9-5-2-1-3-6-9;/h6-15,17-27H,1-5H3;1-5,7-8H;/q2*-1;/i5D3;;. The Morgan fingerprint density at radius 2 is 1.24 bits per heavy atom. The summed E-state index contributed by atoms with van der Waals surface area (Å²) in [5.41, 5.74) is 10.6. The number of oxazole rings is 1. The number of para-hydroxylation sites is 1. The van der Waals surface area contributed by atoms with Crippen LogP contribution in [0.3, 0.4) is 0 Å². The fourth-order valence-electron chi connectivity index (χ4n) is 8.41. The summed E-state index contributed by atoms with van der Waals surface area (Å²) >= 11 is 0. The van der Waals surface area contributed by atoms with Crippen LogP contribution in [-0.4, -0.2) is 15.0 Å². The first-order valence-corrected chi connectivity index (χ1v) is 22.0. The molecule has 0 aliphatic carbocycles. The van der Waals surface area contributed by atoms with E-state index < -0.39 is 36.5 Å². The van der Waals surface area contributed by atoms with Crippen LogP contribution in [0.2, 0.25) is 0 Å². The first-order valence-electron chi connectivity index (χ1n) is 23.5. The molecule has 4 heterocycles. The molecular formula is C58H43F6IrN3O2-2. The SMILES string of the molecule is FC(F)(F)c1nc(-c2cccnc2-c2[c-]cccc2)c(C(F)(F)F)o1.[2H]C([2H])([2H])c1cnc(-c2[c-]ccc3c2oc2ccccc23)cc1-c1c(C(C)C)cc(-c2ccc(-c3ccccc3)cc2)cc1C(C)C.[Ir]. The average molecular weight is 1120 g/mol. The Morgan fingerprint density at radius 3 is 1.89 bits per heavy atom. The summed E-state index contributed by atoms with van der Waals surface area (Å²) in [6.45, 7) is 6.33. The predicted octanol–water partition coefficient (Wildman–Crippen LogP) is 17.2. The van der Waals surface area contributed by atoms with Gasteiger partial charge in [-0.15, -0.1) is 54.1 Å². The molecule has 0 aliphatic heterocycles. The van der Waals surface area contributed by atoms with Gasteiger partial charge in [0.25, 0.3) is 0 Å². The van der Waals surface area contributed by atoms with E-state index in [1.807, 2.05) is 48.5 Å². The maximum absolute atomic E-state index is 13.1. The van der Waals surface area contributed by atoms with Gasteiger partial charge in [-0.3, -0.25) is 0 Å². The summed E-state index contributed by atoms with van der Waals surface area (Å²) in [6.07, 6.45) is -7.48. The maximum Gasteiger partial charge on any atom is 0.468 e. The number of aryl methyl sites for hydroxylation is 1. The van der Waals surface area contributed by atoms with Crippen molar-refractivity contribution in [2.24, 2.45) is 0 Å². The summed E-state index contributed by atoms with van der Waals surface area (Å²) in [7, 11) is 0. The van der Waals surface area contributed by atoms with Gasteiger partial charge >= 0.3 is 18.2 Å². The summed E-state index contributed by atoms with van der Waals surface area (Å²) in [5, 5.41) is 2.00. The van der Waals surface area contributed by atoms with Crippen molar-refractivity contribution in [3.8, 4) is 67.2 Å². The molecule has 355 valence electrons. The fourth-order valence-corrected chi connectivity index (χ4v) is 8.41. The Kier molecular flexibility index (Phi) is 13.0. The van der Waals surface area contributed by atoms with Gasteiger partial charge in [0, 0.05) is 42.0 Å². The quantitative estimate of drug-likeness (QED) is 0.112. The number of alkyl halides is 6. The second kappa shape index (κ2) is 20.1. The van der Waals surface area contributed by atoms with E-state index in [9.17, 15) is 26.3 Å². The molecule has 0 saturated carbocycles. The summed E-state index contributed by atoms with van der Waals surface area (Å²) in [4.78, 5) is 11.7. The molecule has 0 atom stereocenters. The van der Waals surface area contributed by atoms with Crippen molar-refractivity contribution in [1.82, 2.24) is 15.0 Å². The molecule has 4 aromatic heterocycles. The number of hydrogen-bond acceptors (Lipinski definition) is 5. The number of furan rings is 1. The Bertz CT molecular complexity index is 3530. The predicted molar refractivity (Wildman–Crippen MR) is 259 cm³/mol. The van der Waals surface area contributed by atoms with Gasteiger partial charge in [0.15, 0.2) is 0 Å². The third kappa shape index (κ3) is 9.97. The summed E-state index contributed by atoms with van der Waals surface area (Å²) in [5.74, 6) is -3.53. The maximum atomic E-state index is 13.1. The molecule has 0 aliphatic rings. The number of halogens is 6. The third-order valence-electron chi connectivity index (χ3n) is 11.7. The van der Waals surface area contributed by atoms with Crippen LogP contribution in [0, 0.1) is 19.0 Å². The Balaban J connectivity index is 0.000000231. The topological polar surface area (TPSA) is 65.0 Å². The molecular weight excluding hydrogens is 1080 g/mol.